The minimum Gasteiger partial charge on any atom is -0.496 e. The number of carboxylic acids is 1. The van der Waals surface area contributed by atoms with E-state index < -0.39 is 5.97 Å². The molecule has 1 atom stereocenters. The molecule has 5 heteroatoms. The zero-order valence-corrected chi connectivity index (χ0v) is 12.0. The van der Waals surface area contributed by atoms with Gasteiger partial charge in [0.2, 0.25) is 0 Å². The van der Waals surface area contributed by atoms with Crippen molar-refractivity contribution in [3.63, 3.8) is 0 Å². The minimum absolute atomic E-state index is 0.0651. The van der Waals surface area contributed by atoms with Gasteiger partial charge in [-0.3, -0.25) is 4.79 Å². The Morgan fingerprint density at radius 1 is 1.35 bits per heavy atom. The van der Waals surface area contributed by atoms with Gasteiger partial charge in [0.1, 0.15) is 5.75 Å². The number of carbonyl (C=O) groups is 1. The van der Waals surface area contributed by atoms with Crippen molar-refractivity contribution in [1.29, 1.82) is 0 Å². The van der Waals surface area contributed by atoms with Crippen molar-refractivity contribution in [1.82, 2.24) is 5.32 Å². The molecule has 1 aromatic carbocycles. The number of rotatable bonds is 7. The first kappa shape index (κ1) is 14.6. The van der Waals surface area contributed by atoms with Crippen molar-refractivity contribution >= 4 is 17.3 Å². The highest BCUT2D eigenvalue weighted by molar-refractivity contribution is 7.10. The predicted molar refractivity (Wildman–Crippen MR) is 79.1 cm³/mol. The van der Waals surface area contributed by atoms with Crippen LogP contribution in [0.1, 0.15) is 22.9 Å². The molecular weight excluding hydrogens is 274 g/mol. The fraction of sp³-hybridized carbons (Fsp3) is 0.267. The van der Waals surface area contributed by atoms with Crippen molar-refractivity contribution in [3.8, 4) is 5.75 Å². The van der Waals surface area contributed by atoms with Gasteiger partial charge in [0, 0.05) is 17.0 Å². The first-order valence-corrected chi connectivity index (χ1v) is 7.19. The molecule has 1 unspecified atom stereocenters. The Morgan fingerprint density at radius 3 is 2.80 bits per heavy atom. The van der Waals surface area contributed by atoms with Crippen LogP contribution >= 0.6 is 11.3 Å². The van der Waals surface area contributed by atoms with Gasteiger partial charge in [-0.2, -0.15) is 0 Å². The molecule has 0 aliphatic carbocycles. The zero-order valence-electron chi connectivity index (χ0n) is 11.2. The van der Waals surface area contributed by atoms with E-state index in [1.807, 2.05) is 41.8 Å². The van der Waals surface area contributed by atoms with Gasteiger partial charge in [0.25, 0.3) is 0 Å². The van der Waals surface area contributed by atoms with Crippen LogP contribution in [0.2, 0.25) is 0 Å². The molecule has 1 heterocycles. The summed E-state index contributed by atoms with van der Waals surface area (Å²) in [5.74, 6) is -0.00354. The Kier molecular flexibility index (Phi) is 5.15. The summed E-state index contributed by atoms with van der Waals surface area (Å²) >= 11 is 1.56. The molecular formula is C15H17NO3S. The summed E-state index contributed by atoms with van der Waals surface area (Å²) in [6, 6.07) is 11.4. The Hall–Kier alpha value is -1.85. The molecule has 0 aliphatic rings. The topological polar surface area (TPSA) is 58.6 Å². The van der Waals surface area contributed by atoms with Crippen LogP contribution in [0, 0.1) is 0 Å². The molecule has 0 saturated heterocycles. The van der Waals surface area contributed by atoms with Crippen molar-refractivity contribution in [3.05, 3.63) is 52.2 Å². The van der Waals surface area contributed by atoms with E-state index in [4.69, 9.17) is 9.84 Å². The molecule has 0 aliphatic heterocycles. The highest BCUT2D eigenvalue weighted by atomic mass is 32.1. The maximum Gasteiger partial charge on any atom is 0.305 e. The standard InChI is InChI=1S/C15H17NO3S/c1-19-13-6-3-2-5-11(13)10-16-12(9-15(17)18)14-7-4-8-20-14/h2-8,12,16H,9-10H2,1H3,(H,17,18). The summed E-state index contributed by atoms with van der Waals surface area (Å²) in [4.78, 5) is 12.0. The van der Waals surface area contributed by atoms with Gasteiger partial charge < -0.3 is 15.2 Å². The van der Waals surface area contributed by atoms with E-state index in [0.717, 1.165) is 16.2 Å². The normalized spacial score (nSPS) is 12.1. The molecule has 0 radical (unpaired) electrons. The number of thiophene rings is 1. The van der Waals surface area contributed by atoms with Gasteiger partial charge in [-0.05, 0) is 17.5 Å². The van der Waals surface area contributed by atoms with Crippen LogP contribution < -0.4 is 10.1 Å². The molecule has 20 heavy (non-hydrogen) atoms. The second-order valence-corrected chi connectivity index (χ2v) is 5.34. The van der Waals surface area contributed by atoms with Crippen LogP contribution in [-0.4, -0.2) is 18.2 Å². The van der Waals surface area contributed by atoms with E-state index in [0.29, 0.717) is 6.54 Å². The van der Waals surface area contributed by atoms with E-state index >= 15 is 0 Å². The number of hydrogen-bond acceptors (Lipinski definition) is 4. The second-order valence-electron chi connectivity index (χ2n) is 4.36. The Morgan fingerprint density at radius 2 is 2.15 bits per heavy atom. The van der Waals surface area contributed by atoms with E-state index in [-0.39, 0.29) is 12.5 Å². The summed E-state index contributed by atoms with van der Waals surface area (Å²) in [7, 11) is 1.63. The lowest BCUT2D eigenvalue weighted by atomic mass is 10.1. The third kappa shape index (κ3) is 3.82. The largest absolute Gasteiger partial charge is 0.496 e. The maximum atomic E-state index is 11.0. The lowest BCUT2D eigenvalue weighted by Crippen LogP contribution is -2.23. The number of methoxy groups -OCH3 is 1. The third-order valence-electron chi connectivity index (χ3n) is 3.00. The van der Waals surface area contributed by atoms with Crippen LogP contribution in [-0.2, 0) is 11.3 Å². The fourth-order valence-corrected chi connectivity index (χ4v) is 2.82. The maximum absolute atomic E-state index is 11.0. The van der Waals surface area contributed by atoms with Crippen molar-refractivity contribution in [2.24, 2.45) is 0 Å². The summed E-state index contributed by atoms with van der Waals surface area (Å²) in [5.41, 5.74) is 1.02. The second kappa shape index (κ2) is 7.07. The first-order chi connectivity index (χ1) is 9.70. The Labute approximate surface area is 122 Å². The molecule has 2 N–H and O–H groups in total. The molecule has 106 valence electrons. The average molecular weight is 291 g/mol. The van der Waals surface area contributed by atoms with E-state index in [1.54, 1.807) is 18.4 Å². The van der Waals surface area contributed by atoms with E-state index in [9.17, 15) is 4.79 Å². The number of para-hydroxylation sites is 1. The quantitative estimate of drug-likeness (QED) is 0.823. The average Bonchev–Trinajstić information content (AvgIpc) is 2.97. The van der Waals surface area contributed by atoms with Crippen LogP contribution in [0.3, 0.4) is 0 Å². The van der Waals surface area contributed by atoms with Crippen molar-refractivity contribution in [2.75, 3.05) is 7.11 Å². The molecule has 0 amide bonds. The van der Waals surface area contributed by atoms with Crippen LogP contribution in [0.4, 0.5) is 0 Å². The van der Waals surface area contributed by atoms with Crippen LogP contribution in [0.25, 0.3) is 0 Å². The minimum atomic E-state index is -0.809. The van der Waals surface area contributed by atoms with Gasteiger partial charge in [-0.1, -0.05) is 24.3 Å². The Bertz CT molecular complexity index is 554. The molecule has 0 fully saturated rings. The lowest BCUT2D eigenvalue weighted by molar-refractivity contribution is -0.137. The highest BCUT2D eigenvalue weighted by Gasteiger charge is 2.16. The van der Waals surface area contributed by atoms with Crippen molar-refractivity contribution in [2.45, 2.75) is 19.0 Å². The number of nitrogens with one attached hydrogen (secondary N) is 1. The molecule has 0 spiro atoms. The molecule has 0 saturated carbocycles. The van der Waals surface area contributed by atoms with Gasteiger partial charge >= 0.3 is 5.97 Å². The third-order valence-corrected chi connectivity index (χ3v) is 3.98. The zero-order chi connectivity index (χ0) is 14.4. The monoisotopic (exact) mass is 291 g/mol. The molecule has 4 nitrogen and oxygen atoms in total. The van der Waals surface area contributed by atoms with Gasteiger partial charge in [-0.25, -0.2) is 0 Å². The fourth-order valence-electron chi connectivity index (χ4n) is 2.02. The number of benzene rings is 1. The number of hydrogen-bond donors (Lipinski definition) is 2. The number of ether oxygens (including phenoxy) is 1. The summed E-state index contributed by atoms with van der Waals surface area (Å²) < 4.78 is 5.30. The van der Waals surface area contributed by atoms with Gasteiger partial charge in [0.15, 0.2) is 0 Å². The Balaban J connectivity index is 2.07. The summed E-state index contributed by atoms with van der Waals surface area (Å²) in [5, 5.41) is 14.3. The number of aliphatic carboxylic acids is 1. The highest BCUT2D eigenvalue weighted by Crippen LogP contribution is 2.24. The van der Waals surface area contributed by atoms with Gasteiger partial charge in [-0.15, -0.1) is 11.3 Å². The molecule has 2 aromatic rings. The first-order valence-electron chi connectivity index (χ1n) is 6.31. The molecule has 0 bridgehead atoms. The van der Waals surface area contributed by atoms with E-state index in [1.165, 1.54) is 0 Å². The molecule has 1 aromatic heterocycles. The number of carboxylic acid groups (broad SMARTS) is 1. The summed E-state index contributed by atoms with van der Waals surface area (Å²) in [6.45, 7) is 0.569. The van der Waals surface area contributed by atoms with Crippen LogP contribution in [0.15, 0.2) is 41.8 Å². The smallest absolute Gasteiger partial charge is 0.305 e. The lowest BCUT2D eigenvalue weighted by Gasteiger charge is -2.16. The SMILES string of the molecule is COc1ccccc1CNC(CC(=O)O)c1cccs1. The predicted octanol–water partition coefficient (Wildman–Crippen LogP) is 3.06. The van der Waals surface area contributed by atoms with Crippen molar-refractivity contribution < 1.29 is 14.6 Å². The molecule has 2 rings (SSSR count). The summed E-state index contributed by atoms with van der Waals surface area (Å²) in [6.07, 6.45) is 0.0651. The van der Waals surface area contributed by atoms with Gasteiger partial charge in [0.05, 0.1) is 19.6 Å². The van der Waals surface area contributed by atoms with E-state index in [2.05, 4.69) is 5.32 Å². The van der Waals surface area contributed by atoms with Crippen LogP contribution in [0.5, 0.6) is 5.75 Å².